The van der Waals surface area contributed by atoms with Gasteiger partial charge in [0, 0.05) is 19.8 Å². The minimum absolute atomic E-state index is 0.132. The molecule has 1 heterocycles. The molecule has 3 aromatic carbocycles. The second-order valence-corrected chi connectivity index (χ2v) is 8.58. The Morgan fingerprint density at radius 2 is 1.26 bits per heavy atom. The van der Waals surface area contributed by atoms with Crippen LogP contribution in [0.25, 0.3) is 6.08 Å². The van der Waals surface area contributed by atoms with E-state index in [-0.39, 0.29) is 5.57 Å². The lowest BCUT2D eigenvalue weighted by Crippen LogP contribution is -2.54. The molecule has 0 unspecified atom stereocenters. The summed E-state index contributed by atoms with van der Waals surface area (Å²) in [5, 5.41) is 3.35. The summed E-state index contributed by atoms with van der Waals surface area (Å²) in [6.07, 6.45) is 1.46. The molecule has 5 nitrogen and oxygen atoms in total. The molecule has 0 atom stereocenters. The van der Waals surface area contributed by atoms with Crippen molar-refractivity contribution in [3.05, 3.63) is 94.0 Å². The van der Waals surface area contributed by atoms with Crippen LogP contribution < -0.4 is 10.2 Å². The lowest BCUT2D eigenvalue weighted by molar-refractivity contribution is -0.122. The first-order chi connectivity index (χ1) is 14.9. The van der Waals surface area contributed by atoms with Crippen molar-refractivity contribution in [2.24, 2.45) is 0 Å². The molecule has 1 fully saturated rings. The largest absolute Gasteiger partial charge is 0.335 e. The number of rotatable bonds is 4. The summed E-state index contributed by atoms with van der Waals surface area (Å²) in [5.74, 6) is -1.43. The average Bonchev–Trinajstić information content (AvgIpc) is 2.75. The van der Waals surface area contributed by atoms with Crippen molar-refractivity contribution in [2.75, 3.05) is 4.90 Å². The van der Waals surface area contributed by atoms with Gasteiger partial charge < -0.3 is 0 Å². The molecule has 0 aromatic heterocycles. The Kier molecular flexibility index (Phi) is 6.13. The molecule has 3 aromatic rings. The molecule has 4 amide bonds. The van der Waals surface area contributed by atoms with Gasteiger partial charge in [0.1, 0.15) is 5.57 Å². The fourth-order valence-corrected chi connectivity index (χ4v) is 3.99. The number of anilines is 1. The van der Waals surface area contributed by atoms with Gasteiger partial charge in [-0.3, -0.25) is 14.9 Å². The second kappa shape index (κ2) is 8.98. The summed E-state index contributed by atoms with van der Waals surface area (Å²) in [7, 11) is 0. The van der Waals surface area contributed by atoms with E-state index in [1.165, 1.54) is 18.2 Å². The summed E-state index contributed by atoms with van der Waals surface area (Å²) >= 11 is 13.3. The number of nitrogens with one attached hydrogen (secondary N) is 1. The van der Waals surface area contributed by atoms with Crippen molar-refractivity contribution in [3.8, 4) is 0 Å². The number of nitrogens with zero attached hydrogens (tertiary/aromatic N) is 1. The van der Waals surface area contributed by atoms with Crippen LogP contribution in [-0.4, -0.2) is 17.8 Å². The Bertz CT molecular complexity index is 1190. The fraction of sp³-hybridized carbons (Fsp3) is 0. The molecule has 1 aliphatic heterocycles. The van der Waals surface area contributed by atoms with Crippen LogP contribution in [0.15, 0.2) is 88.2 Å². The third kappa shape index (κ3) is 4.82. The molecule has 4 rings (SSSR count). The van der Waals surface area contributed by atoms with Crippen LogP contribution in [0.1, 0.15) is 5.56 Å². The molecule has 0 aliphatic carbocycles. The van der Waals surface area contributed by atoms with E-state index in [1.54, 1.807) is 36.0 Å². The maximum absolute atomic E-state index is 12.9. The Labute approximate surface area is 192 Å². The van der Waals surface area contributed by atoms with Gasteiger partial charge in [-0.05, 0) is 72.3 Å². The van der Waals surface area contributed by atoms with Crippen molar-refractivity contribution in [3.63, 3.8) is 0 Å². The van der Waals surface area contributed by atoms with Crippen LogP contribution in [0.5, 0.6) is 0 Å². The molecule has 154 valence electrons. The van der Waals surface area contributed by atoms with Crippen LogP contribution in [0.4, 0.5) is 10.5 Å². The lowest BCUT2D eigenvalue weighted by Gasteiger charge is -2.26. The summed E-state index contributed by atoms with van der Waals surface area (Å²) in [6, 6.07) is 20.3. The number of hydrogen-bond acceptors (Lipinski definition) is 4. The van der Waals surface area contributed by atoms with Gasteiger partial charge in [-0.1, -0.05) is 47.1 Å². The normalized spacial score (nSPS) is 15.4. The maximum Gasteiger partial charge on any atom is 0.335 e. The van der Waals surface area contributed by atoms with Gasteiger partial charge in [-0.2, -0.15) is 0 Å². The highest BCUT2D eigenvalue weighted by Crippen LogP contribution is 2.29. The molecule has 0 saturated carbocycles. The molecular formula is C23H14Cl2N2O3S. The quantitative estimate of drug-likeness (QED) is 0.387. The first-order valence-corrected chi connectivity index (χ1v) is 10.7. The molecule has 8 heteroatoms. The van der Waals surface area contributed by atoms with Crippen LogP contribution >= 0.6 is 35.0 Å². The highest BCUT2D eigenvalue weighted by atomic mass is 35.5. The standard InChI is InChI=1S/C23H14Cl2N2O3S/c24-15-3-7-17(8-4-15)27-22(29)20(21(28)26-23(27)30)13-14-1-9-18(10-2-14)31-19-11-5-16(25)6-12-19/h1-13H,(H,26,28,30)/b20-13+. The average molecular weight is 469 g/mol. The molecule has 0 bridgehead atoms. The number of barbiturate groups is 1. The monoisotopic (exact) mass is 468 g/mol. The first kappa shape index (κ1) is 21.2. The van der Waals surface area contributed by atoms with Crippen LogP contribution in [0.2, 0.25) is 10.0 Å². The summed E-state index contributed by atoms with van der Waals surface area (Å²) in [4.78, 5) is 40.4. The third-order valence-electron chi connectivity index (χ3n) is 4.43. The summed E-state index contributed by atoms with van der Waals surface area (Å²) < 4.78 is 0. The number of imide groups is 2. The Balaban J connectivity index is 1.57. The van der Waals surface area contributed by atoms with E-state index in [4.69, 9.17) is 23.2 Å². The van der Waals surface area contributed by atoms with Gasteiger partial charge in [0.2, 0.25) is 0 Å². The smallest absolute Gasteiger partial charge is 0.273 e. The SMILES string of the molecule is O=C1NC(=O)N(c2ccc(Cl)cc2)C(=O)/C1=C/c1ccc(Sc2ccc(Cl)cc2)cc1. The van der Waals surface area contributed by atoms with Crippen molar-refractivity contribution in [1.82, 2.24) is 5.32 Å². The van der Waals surface area contributed by atoms with E-state index in [1.807, 2.05) is 36.4 Å². The van der Waals surface area contributed by atoms with Crippen LogP contribution in [-0.2, 0) is 9.59 Å². The molecule has 0 radical (unpaired) electrons. The van der Waals surface area contributed by atoms with Gasteiger partial charge in [0.05, 0.1) is 5.69 Å². The van der Waals surface area contributed by atoms with Gasteiger partial charge in [0.25, 0.3) is 11.8 Å². The van der Waals surface area contributed by atoms with E-state index in [0.717, 1.165) is 14.7 Å². The Morgan fingerprint density at radius 1 is 0.742 bits per heavy atom. The van der Waals surface area contributed by atoms with E-state index >= 15 is 0 Å². The summed E-state index contributed by atoms with van der Waals surface area (Å²) in [6.45, 7) is 0. The van der Waals surface area contributed by atoms with Crippen LogP contribution in [0.3, 0.4) is 0 Å². The highest BCUT2D eigenvalue weighted by Gasteiger charge is 2.36. The number of hydrogen-bond donors (Lipinski definition) is 1. The van der Waals surface area contributed by atoms with Gasteiger partial charge in [-0.15, -0.1) is 0 Å². The second-order valence-electron chi connectivity index (χ2n) is 6.56. The number of halogens is 2. The number of benzene rings is 3. The first-order valence-electron chi connectivity index (χ1n) is 9.11. The predicted octanol–water partition coefficient (Wildman–Crippen LogP) is 5.81. The number of urea groups is 1. The molecule has 1 N–H and O–H groups in total. The Morgan fingerprint density at radius 3 is 1.84 bits per heavy atom. The third-order valence-corrected chi connectivity index (χ3v) is 5.95. The minimum atomic E-state index is -0.802. The van der Waals surface area contributed by atoms with Gasteiger partial charge in [0.15, 0.2) is 0 Å². The zero-order valence-corrected chi connectivity index (χ0v) is 18.2. The van der Waals surface area contributed by atoms with E-state index in [2.05, 4.69) is 5.32 Å². The fourth-order valence-electron chi connectivity index (χ4n) is 2.92. The van der Waals surface area contributed by atoms with E-state index in [9.17, 15) is 14.4 Å². The number of amides is 4. The van der Waals surface area contributed by atoms with Gasteiger partial charge >= 0.3 is 6.03 Å². The van der Waals surface area contributed by atoms with Crippen molar-refractivity contribution >= 4 is 64.6 Å². The van der Waals surface area contributed by atoms with Gasteiger partial charge in [-0.25, -0.2) is 9.69 Å². The van der Waals surface area contributed by atoms with Crippen molar-refractivity contribution in [1.29, 1.82) is 0 Å². The zero-order chi connectivity index (χ0) is 22.0. The molecular weight excluding hydrogens is 455 g/mol. The Hall–Kier alpha value is -3.06. The number of carbonyl (C=O) groups excluding carboxylic acids is 3. The zero-order valence-electron chi connectivity index (χ0n) is 15.8. The minimum Gasteiger partial charge on any atom is -0.273 e. The number of carbonyl (C=O) groups is 3. The predicted molar refractivity (Wildman–Crippen MR) is 122 cm³/mol. The lowest BCUT2D eigenvalue weighted by atomic mass is 10.1. The van der Waals surface area contributed by atoms with Crippen LogP contribution in [0, 0.1) is 0 Å². The summed E-state index contributed by atoms with van der Waals surface area (Å²) in [5.41, 5.74) is 0.844. The molecule has 0 spiro atoms. The van der Waals surface area contributed by atoms with E-state index in [0.29, 0.717) is 21.3 Å². The molecule has 1 saturated heterocycles. The highest BCUT2D eigenvalue weighted by molar-refractivity contribution is 7.99. The van der Waals surface area contributed by atoms with Crippen molar-refractivity contribution in [2.45, 2.75) is 9.79 Å². The van der Waals surface area contributed by atoms with E-state index < -0.39 is 17.8 Å². The maximum atomic E-state index is 12.9. The topological polar surface area (TPSA) is 66.5 Å². The molecule has 31 heavy (non-hydrogen) atoms. The van der Waals surface area contributed by atoms with Crippen molar-refractivity contribution < 1.29 is 14.4 Å². The molecule has 1 aliphatic rings.